The summed E-state index contributed by atoms with van der Waals surface area (Å²) in [6, 6.07) is 26.1. The summed E-state index contributed by atoms with van der Waals surface area (Å²) < 4.78 is 0. The monoisotopic (exact) mass is 688 g/mol. The maximum atomic E-state index is 13.2. The van der Waals surface area contributed by atoms with Gasteiger partial charge >= 0.3 is 5.97 Å². The number of nitrogens with one attached hydrogen (secondary N) is 2. The highest BCUT2D eigenvalue weighted by atomic mass is 32.1. The van der Waals surface area contributed by atoms with E-state index in [9.17, 15) is 19.5 Å². The van der Waals surface area contributed by atoms with Crippen molar-refractivity contribution in [2.75, 3.05) is 0 Å². The molecule has 0 saturated heterocycles. The van der Waals surface area contributed by atoms with Crippen LogP contribution >= 0.6 is 11.3 Å². The van der Waals surface area contributed by atoms with Crippen LogP contribution in [0.3, 0.4) is 0 Å². The second-order valence-electron chi connectivity index (χ2n) is 14.6. The van der Waals surface area contributed by atoms with Crippen LogP contribution in [0.1, 0.15) is 74.1 Å². The van der Waals surface area contributed by atoms with Gasteiger partial charge in [0.25, 0.3) is 5.91 Å². The van der Waals surface area contributed by atoms with Gasteiger partial charge in [-0.3, -0.25) is 14.4 Å². The fourth-order valence-corrected chi connectivity index (χ4v) is 6.31. The van der Waals surface area contributed by atoms with Gasteiger partial charge in [-0.15, -0.1) is 11.3 Å². The Morgan fingerprint density at radius 2 is 1.20 bits per heavy atom. The van der Waals surface area contributed by atoms with Crippen molar-refractivity contribution in [2.45, 2.75) is 77.8 Å². The molecule has 0 aliphatic carbocycles. The van der Waals surface area contributed by atoms with Crippen LogP contribution in [0.4, 0.5) is 0 Å². The van der Waals surface area contributed by atoms with Crippen molar-refractivity contribution >= 4 is 29.1 Å². The van der Waals surface area contributed by atoms with Gasteiger partial charge in [-0.05, 0) is 57.7 Å². The van der Waals surface area contributed by atoms with Gasteiger partial charge in [-0.2, -0.15) is 0 Å². The number of carbonyl (C=O) groups is 3. The summed E-state index contributed by atoms with van der Waals surface area (Å²) in [4.78, 5) is 48.5. The SMILES string of the molecule is C[C@@H](NC(=O)[C@H](Cc1ccc(-c2ncc(-c3ccc(-c4ccc(C(C)(C)C)cc4)cc3)cn2)cc1)NC(=O)c1ccc(C(C)(C)C)s1)C(=O)O. The second-order valence-corrected chi connectivity index (χ2v) is 15.7. The summed E-state index contributed by atoms with van der Waals surface area (Å²) in [5.41, 5.74) is 7.11. The number of nitrogens with zero attached hydrogens (tertiary/aromatic N) is 2. The molecule has 2 heterocycles. The smallest absolute Gasteiger partial charge is 0.325 e. The van der Waals surface area contributed by atoms with E-state index in [1.54, 1.807) is 18.5 Å². The van der Waals surface area contributed by atoms with E-state index in [4.69, 9.17) is 0 Å². The first-order valence-corrected chi connectivity index (χ1v) is 17.5. The predicted molar refractivity (Wildman–Crippen MR) is 200 cm³/mol. The summed E-state index contributed by atoms with van der Waals surface area (Å²) in [6.07, 6.45) is 3.77. The average Bonchev–Trinajstić information content (AvgIpc) is 3.60. The maximum Gasteiger partial charge on any atom is 0.325 e. The van der Waals surface area contributed by atoms with Crippen molar-refractivity contribution in [2.24, 2.45) is 0 Å². The van der Waals surface area contributed by atoms with Crippen LogP contribution in [0, 0.1) is 0 Å². The van der Waals surface area contributed by atoms with E-state index in [1.807, 2.05) is 30.3 Å². The van der Waals surface area contributed by atoms with E-state index >= 15 is 0 Å². The third-order valence-electron chi connectivity index (χ3n) is 8.53. The lowest BCUT2D eigenvalue weighted by molar-refractivity contribution is -0.141. The minimum atomic E-state index is -1.16. The molecule has 0 bridgehead atoms. The number of aromatic nitrogens is 2. The molecule has 8 nitrogen and oxygen atoms in total. The van der Waals surface area contributed by atoms with Crippen LogP contribution in [0.15, 0.2) is 97.3 Å². The fourth-order valence-electron chi connectivity index (χ4n) is 5.35. The molecule has 0 radical (unpaired) electrons. The standard InChI is InChI=1S/C41H44N4O4S/c1-25(39(48)49)44-37(46)33(45-38(47)34-20-21-35(50-34)41(5,6)7)22-26-8-10-30(11-9-26)36-42-23-31(24-43-36)29-14-12-27(13-15-29)28-16-18-32(19-17-28)40(2,3)4/h8-21,23-25,33H,22H2,1-7H3,(H,44,46)(H,45,47)(H,48,49)/t25-,33+/m1/s1. The number of carboxylic acids is 1. The van der Waals surface area contributed by atoms with Crippen molar-refractivity contribution in [1.29, 1.82) is 0 Å². The van der Waals surface area contributed by atoms with E-state index in [0.717, 1.165) is 32.7 Å². The molecule has 0 fully saturated rings. The van der Waals surface area contributed by atoms with E-state index in [0.29, 0.717) is 10.7 Å². The zero-order valence-corrected chi connectivity index (χ0v) is 30.4. The van der Waals surface area contributed by atoms with Gasteiger partial charge in [0.2, 0.25) is 5.91 Å². The fraction of sp³-hybridized carbons (Fsp3) is 0.293. The molecule has 0 saturated carbocycles. The molecular weight excluding hydrogens is 645 g/mol. The molecular formula is C41H44N4O4S. The number of carbonyl (C=O) groups excluding carboxylic acids is 2. The molecule has 5 aromatic rings. The molecule has 0 spiro atoms. The van der Waals surface area contributed by atoms with Crippen LogP contribution in [0.5, 0.6) is 0 Å². The molecule has 0 aliphatic heterocycles. The Morgan fingerprint density at radius 3 is 1.70 bits per heavy atom. The van der Waals surface area contributed by atoms with Gasteiger partial charge in [-0.25, -0.2) is 9.97 Å². The van der Waals surface area contributed by atoms with Crippen molar-refractivity contribution in [3.8, 4) is 33.6 Å². The minimum Gasteiger partial charge on any atom is -0.480 e. The molecule has 2 aromatic heterocycles. The Bertz CT molecular complexity index is 1950. The Balaban J connectivity index is 1.27. The Morgan fingerprint density at radius 1 is 0.680 bits per heavy atom. The number of hydrogen-bond acceptors (Lipinski definition) is 6. The number of aliphatic carboxylic acids is 1. The normalized spacial score (nSPS) is 12.9. The molecule has 0 aliphatic rings. The highest BCUT2D eigenvalue weighted by Crippen LogP contribution is 2.30. The van der Waals surface area contributed by atoms with E-state index in [1.165, 1.54) is 29.4 Å². The van der Waals surface area contributed by atoms with Crippen molar-refractivity contribution < 1.29 is 19.5 Å². The summed E-state index contributed by atoms with van der Waals surface area (Å²) in [7, 11) is 0. The first-order valence-electron chi connectivity index (χ1n) is 16.7. The lowest BCUT2D eigenvalue weighted by atomic mass is 9.86. The predicted octanol–water partition coefficient (Wildman–Crippen LogP) is 8.06. The first-order chi connectivity index (χ1) is 23.6. The first kappa shape index (κ1) is 36.1. The zero-order chi connectivity index (χ0) is 36.2. The highest BCUT2D eigenvalue weighted by molar-refractivity contribution is 7.14. The lowest BCUT2D eigenvalue weighted by Gasteiger charge is -2.20. The van der Waals surface area contributed by atoms with Crippen molar-refractivity contribution in [3.05, 3.63) is 118 Å². The van der Waals surface area contributed by atoms with Crippen LogP contribution in [0.2, 0.25) is 0 Å². The quantitative estimate of drug-likeness (QED) is 0.137. The topological polar surface area (TPSA) is 121 Å². The largest absolute Gasteiger partial charge is 0.480 e. The third-order valence-corrected chi connectivity index (χ3v) is 10.0. The average molecular weight is 689 g/mol. The van der Waals surface area contributed by atoms with Gasteiger partial charge in [0, 0.05) is 34.8 Å². The number of hydrogen-bond donors (Lipinski definition) is 3. The summed E-state index contributed by atoms with van der Waals surface area (Å²) in [5.74, 6) is -1.56. The molecule has 258 valence electrons. The van der Waals surface area contributed by atoms with Gasteiger partial charge in [0.1, 0.15) is 12.1 Å². The third kappa shape index (κ3) is 8.90. The van der Waals surface area contributed by atoms with Crippen LogP contribution in [0.25, 0.3) is 33.6 Å². The van der Waals surface area contributed by atoms with E-state index in [-0.39, 0.29) is 23.2 Å². The zero-order valence-electron chi connectivity index (χ0n) is 29.6. The number of amides is 2. The summed E-state index contributed by atoms with van der Waals surface area (Å²) >= 11 is 1.37. The number of rotatable bonds is 10. The van der Waals surface area contributed by atoms with Gasteiger partial charge < -0.3 is 15.7 Å². The number of benzene rings is 3. The molecule has 2 atom stereocenters. The Kier molecular flexibility index (Phi) is 10.7. The lowest BCUT2D eigenvalue weighted by Crippen LogP contribution is -2.51. The molecule has 50 heavy (non-hydrogen) atoms. The van der Waals surface area contributed by atoms with Gasteiger partial charge in [-0.1, -0.05) is 114 Å². The Hall–Kier alpha value is -5.15. The van der Waals surface area contributed by atoms with Crippen molar-refractivity contribution in [1.82, 2.24) is 20.6 Å². The second kappa shape index (κ2) is 14.8. The summed E-state index contributed by atoms with van der Waals surface area (Å²) in [6.45, 7) is 14.2. The Labute approximate surface area is 298 Å². The highest BCUT2D eigenvalue weighted by Gasteiger charge is 2.26. The summed E-state index contributed by atoms with van der Waals surface area (Å²) in [5, 5.41) is 14.6. The molecule has 2 amide bonds. The van der Waals surface area contributed by atoms with Crippen molar-refractivity contribution in [3.63, 3.8) is 0 Å². The van der Waals surface area contributed by atoms with E-state index in [2.05, 4.69) is 111 Å². The van der Waals surface area contributed by atoms with Gasteiger partial charge in [0.15, 0.2) is 5.82 Å². The van der Waals surface area contributed by atoms with E-state index < -0.39 is 24.0 Å². The molecule has 9 heteroatoms. The van der Waals surface area contributed by atoms with Gasteiger partial charge in [0.05, 0.1) is 4.88 Å². The minimum absolute atomic E-state index is 0.113. The maximum absolute atomic E-state index is 13.2. The van der Waals surface area contributed by atoms with Crippen LogP contribution in [-0.2, 0) is 26.8 Å². The molecule has 0 unspecified atom stereocenters. The molecule has 3 N–H and O–H groups in total. The molecule has 3 aromatic carbocycles. The molecule has 5 rings (SSSR count). The van der Waals surface area contributed by atoms with Crippen LogP contribution < -0.4 is 10.6 Å². The number of thiophene rings is 1. The number of carboxylic acid groups (broad SMARTS) is 1. The van der Waals surface area contributed by atoms with Crippen LogP contribution in [-0.4, -0.2) is 44.9 Å².